The molecule has 0 amide bonds. The molecule has 0 aliphatic heterocycles. The lowest BCUT2D eigenvalue weighted by Crippen LogP contribution is -1.74. The second-order valence-corrected chi connectivity index (χ2v) is 2.05. The molecule has 0 aliphatic carbocycles. The van der Waals surface area contributed by atoms with Gasteiger partial charge in [-0.05, 0) is 24.6 Å². The van der Waals surface area contributed by atoms with Gasteiger partial charge in [-0.15, -0.1) is 0 Å². The standard InChI is InChI=1S/C7H7ClO/c1-6-3-2-4-7(5-6)9-8/h2-5H,1H3. The van der Waals surface area contributed by atoms with E-state index in [9.17, 15) is 0 Å². The fourth-order valence-corrected chi connectivity index (χ4v) is 0.759. The highest BCUT2D eigenvalue weighted by atomic mass is 35.5. The Balaban J connectivity index is 2.94. The number of hydrogen-bond donors (Lipinski definition) is 0. The van der Waals surface area contributed by atoms with Gasteiger partial charge in [0.1, 0.15) is 17.6 Å². The van der Waals surface area contributed by atoms with Gasteiger partial charge in [-0.1, -0.05) is 12.1 Å². The maximum Gasteiger partial charge on any atom is 0.146 e. The molecular weight excluding hydrogens is 136 g/mol. The molecule has 2 heteroatoms. The van der Waals surface area contributed by atoms with Crippen LogP contribution in [0.2, 0.25) is 0 Å². The van der Waals surface area contributed by atoms with Gasteiger partial charge in [-0.25, -0.2) is 0 Å². The molecule has 1 nitrogen and oxygen atoms in total. The third kappa shape index (κ3) is 1.61. The van der Waals surface area contributed by atoms with E-state index in [0.717, 1.165) is 5.56 Å². The molecule has 9 heavy (non-hydrogen) atoms. The predicted octanol–water partition coefficient (Wildman–Crippen LogP) is 2.53. The third-order valence-electron chi connectivity index (χ3n) is 1.08. The van der Waals surface area contributed by atoms with E-state index in [4.69, 9.17) is 11.9 Å². The third-order valence-corrected chi connectivity index (χ3v) is 1.26. The molecule has 0 atom stereocenters. The number of hydrogen-bond acceptors (Lipinski definition) is 1. The summed E-state index contributed by atoms with van der Waals surface area (Å²) in [5, 5.41) is 0. The molecule has 1 aromatic carbocycles. The zero-order valence-electron chi connectivity index (χ0n) is 5.10. The van der Waals surface area contributed by atoms with Gasteiger partial charge in [-0.3, -0.25) is 0 Å². The fourth-order valence-electron chi connectivity index (χ4n) is 0.663. The van der Waals surface area contributed by atoms with Crippen LogP contribution in [0.5, 0.6) is 5.75 Å². The van der Waals surface area contributed by atoms with E-state index in [-0.39, 0.29) is 0 Å². The molecule has 0 heterocycles. The molecule has 0 spiro atoms. The molecule has 0 saturated heterocycles. The molecule has 0 bridgehead atoms. The Hall–Kier alpha value is -0.690. The number of aryl methyl sites for hydroxylation is 1. The van der Waals surface area contributed by atoms with Crippen LogP contribution in [0, 0.1) is 6.92 Å². The Labute approximate surface area is 59.4 Å². The fraction of sp³-hybridized carbons (Fsp3) is 0.143. The molecule has 0 fully saturated rings. The first-order chi connectivity index (χ1) is 4.33. The Morgan fingerprint density at radius 3 is 2.67 bits per heavy atom. The van der Waals surface area contributed by atoms with Crippen LogP contribution in [0.25, 0.3) is 0 Å². The van der Waals surface area contributed by atoms with E-state index in [0.29, 0.717) is 5.75 Å². The second kappa shape index (κ2) is 2.74. The van der Waals surface area contributed by atoms with Gasteiger partial charge in [0.15, 0.2) is 0 Å². The van der Waals surface area contributed by atoms with Crippen LogP contribution in [0.4, 0.5) is 0 Å². The van der Waals surface area contributed by atoms with Crippen LogP contribution in [0.3, 0.4) is 0 Å². The molecule has 1 rings (SSSR count). The maximum absolute atomic E-state index is 5.10. The highest BCUT2D eigenvalue weighted by molar-refractivity contribution is 6.09. The summed E-state index contributed by atoms with van der Waals surface area (Å²) in [6.45, 7) is 1.99. The predicted molar refractivity (Wildman–Crippen MR) is 37.7 cm³/mol. The first kappa shape index (κ1) is 6.43. The van der Waals surface area contributed by atoms with E-state index in [1.165, 1.54) is 0 Å². The summed E-state index contributed by atoms with van der Waals surface area (Å²) in [6.07, 6.45) is 0. The van der Waals surface area contributed by atoms with Crippen molar-refractivity contribution in [1.82, 2.24) is 0 Å². The van der Waals surface area contributed by atoms with Crippen molar-refractivity contribution in [3.05, 3.63) is 29.8 Å². The molecule has 48 valence electrons. The van der Waals surface area contributed by atoms with E-state index in [2.05, 4.69) is 4.29 Å². The smallest absolute Gasteiger partial charge is 0.146 e. The van der Waals surface area contributed by atoms with E-state index < -0.39 is 0 Å². The molecular formula is C7H7ClO. The van der Waals surface area contributed by atoms with Gasteiger partial charge < -0.3 is 4.29 Å². The Morgan fingerprint density at radius 1 is 1.44 bits per heavy atom. The van der Waals surface area contributed by atoms with Gasteiger partial charge in [0.05, 0.1) is 0 Å². The largest absolute Gasteiger partial charge is 0.386 e. The normalized spacial score (nSPS) is 9.11. The van der Waals surface area contributed by atoms with Gasteiger partial charge in [0.2, 0.25) is 0 Å². The lowest BCUT2D eigenvalue weighted by Gasteiger charge is -1.94. The summed E-state index contributed by atoms with van der Waals surface area (Å²) in [5.41, 5.74) is 1.15. The van der Waals surface area contributed by atoms with E-state index in [1.54, 1.807) is 6.07 Å². The minimum absolute atomic E-state index is 0.691. The van der Waals surface area contributed by atoms with Gasteiger partial charge in [0.25, 0.3) is 0 Å². The average Bonchev–Trinajstić information content (AvgIpc) is 1.88. The summed E-state index contributed by atoms with van der Waals surface area (Å²) in [6, 6.07) is 7.56. The molecule has 0 aromatic heterocycles. The van der Waals surface area contributed by atoms with Crippen molar-refractivity contribution in [2.24, 2.45) is 0 Å². The van der Waals surface area contributed by atoms with Crippen molar-refractivity contribution in [3.63, 3.8) is 0 Å². The van der Waals surface area contributed by atoms with Crippen molar-refractivity contribution in [3.8, 4) is 5.75 Å². The van der Waals surface area contributed by atoms with Crippen LogP contribution < -0.4 is 4.29 Å². The van der Waals surface area contributed by atoms with Crippen molar-refractivity contribution >= 4 is 11.9 Å². The molecule has 0 saturated carbocycles. The zero-order valence-corrected chi connectivity index (χ0v) is 5.85. The van der Waals surface area contributed by atoms with Gasteiger partial charge >= 0.3 is 0 Å². The minimum Gasteiger partial charge on any atom is -0.386 e. The summed E-state index contributed by atoms with van der Waals surface area (Å²) in [5.74, 6) is 0.691. The van der Waals surface area contributed by atoms with Crippen molar-refractivity contribution in [2.75, 3.05) is 0 Å². The second-order valence-electron chi connectivity index (χ2n) is 1.89. The Kier molecular flexibility index (Phi) is 1.96. The summed E-state index contributed by atoms with van der Waals surface area (Å²) >= 11 is 5.10. The minimum atomic E-state index is 0.691. The zero-order chi connectivity index (χ0) is 6.69. The van der Waals surface area contributed by atoms with E-state index >= 15 is 0 Å². The number of rotatable bonds is 1. The number of benzene rings is 1. The SMILES string of the molecule is Cc1cccc(OCl)c1. The molecule has 0 N–H and O–H groups in total. The quantitative estimate of drug-likeness (QED) is 0.586. The molecule has 0 aliphatic rings. The van der Waals surface area contributed by atoms with Crippen molar-refractivity contribution < 1.29 is 4.29 Å². The highest BCUT2D eigenvalue weighted by Crippen LogP contribution is 2.12. The topological polar surface area (TPSA) is 9.23 Å². The van der Waals surface area contributed by atoms with Crippen molar-refractivity contribution in [2.45, 2.75) is 6.92 Å². The molecule has 0 radical (unpaired) electrons. The average molecular weight is 143 g/mol. The van der Waals surface area contributed by atoms with Crippen molar-refractivity contribution in [1.29, 1.82) is 0 Å². The van der Waals surface area contributed by atoms with Gasteiger partial charge in [0, 0.05) is 0 Å². The monoisotopic (exact) mass is 142 g/mol. The van der Waals surface area contributed by atoms with Crippen LogP contribution in [0.15, 0.2) is 24.3 Å². The summed E-state index contributed by atoms with van der Waals surface area (Å²) in [7, 11) is 0. The van der Waals surface area contributed by atoms with Crippen LogP contribution in [0.1, 0.15) is 5.56 Å². The summed E-state index contributed by atoms with van der Waals surface area (Å²) < 4.78 is 4.47. The number of halogens is 1. The Morgan fingerprint density at radius 2 is 2.22 bits per heavy atom. The van der Waals surface area contributed by atoms with Crippen LogP contribution in [-0.4, -0.2) is 0 Å². The van der Waals surface area contributed by atoms with Gasteiger partial charge in [-0.2, -0.15) is 0 Å². The first-order valence-corrected chi connectivity index (χ1v) is 2.99. The highest BCUT2D eigenvalue weighted by Gasteiger charge is 1.88. The lowest BCUT2D eigenvalue weighted by molar-refractivity contribution is 0.618. The van der Waals surface area contributed by atoms with Crippen LogP contribution in [-0.2, 0) is 0 Å². The van der Waals surface area contributed by atoms with Crippen LogP contribution >= 0.6 is 11.9 Å². The van der Waals surface area contributed by atoms with E-state index in [1.807, 2.05) is 25.1 Å². The lowest BCUT2D eigenvalue weighted by atomic mass is 10.2. The molecule has 0 unspecified atom stereocenters. The maximum atomic E-state index is 5.10. The molecule has 1 aromatic rings. The first-order valence-electron chi connectivity index (χ1n) is 2.68. The summed E-state index contributed by atoms with van der Waals surface area (Å²) in [4.78, 5) is 0. The Bertz CT molecular complexity index is 198.